The van der Waals surface area contributed by atoms with Crippen molar-refractivity contribution in [3.63, 3.8) is 0 Å². The third-order valence-electron chi connectivity index (χ3n) is 13.7. The van der Waals surface area contributed by atoms with Crippen molar-refractivity contribution < 1.29 is 58.1 Å². The number of epoxide rings is 1. The second-order valence-electron chi connectivity index (χ2n) is 17.9. The first-order valence-corrected chi connectivity index (χ1v) is 21.4. The van der Waals surface area contributed by atoms with Crippen LogP contribution in [0, 0.1) is 29.6 Å². The van der Waals surface area contributed by atoms with Gasteiger partial charge in [-0.1, -0.05) is 45.4 Å². The molecular formula is C44H71NO12. The number of carbonyl (C=O) groups excluding carboxylic acids is 3. The molecule has 1 saturated carbocycles. The summed E-state index contributed by atoms with van der Waals surface area (Å²) in [6.07, 6.45) is 5.07. The van der Waals surface area contributed by atoms with Crippen molar-refractivity contribution >= 4 is 17.7 Å². The Morgan fingerprint density at radius 1 is 0.930 bits per heavy atom. The molecule has 13 heteroatoms. The Bertz CT molecular complexity index is 1460. The second kappa shape index (κ2) is 19.4. The van der Waals surface area contributed by atoms with Crippen LogP contribution in [0.2, 0.25) is 0 Å². The smallest absolute Gasteiger partial charge is 0.329 e. The summed E-state index contributed by atoms with van der Waals surface area (Å²) < 4.78 is 36.5. The monoisotopic (exact) mass is 805 g/mol. The summed E-state index contributed by atoms with van der Waals surface area (Å²) in [6.45, 7) is 11.7. The fourth-order valence-corrected chi connectivity index (χ4v) is 10.1. The summed E-state index contributed by atoms with van der Waals surface area (Å²) in [4.78, 5) is 44.6. The van der Waals surface area contributed by atoms with Crippen LogP contribution in [0.5, 0.6) is 0 Å². The van der Waals surface area contributed by atoms with Gasteiger partial charge in [-0.25, -0.2) is 4.79 Å². The van der Waals surface area contributed by atoms with E-state index in [0.29, 0.717) is 64.2 Å². The van der Waals surface area contributed by atoms with Gasteiger partial charge in [0.15, 0.2) is 0 Å². The first kappa shape index (κ1) is 45.8. The predicted molar refractivity (Wildman–Crippen MR) is 212 cm³/mol. The molecule has 1 aliphatic carbocycles. The number of rotatable bonds is 6. The molecule has 1 amide bonds. The van der Waals surface area contributed by atoms with E-state index in [-0.39, 0.29) is 43.3 Å². The summed E-state index contributed by atoms with van der Waals surface area (Å²) in [5.74, 6) is -4.79. The number of ketones is 1. The molecule has 3 N–H and O–H groups in total. The first-order valence-electron chi connectivity index (χ1n) is 21.4. The van der Waals surface area contributed by atoms with E-state index in [1.54, 1.807) is 28.3 Å². The Kier molecular flexibility index (Phi) is 15.6. The molecule has 0 aromatic heterocycles. The maximum absolute atomic E-state index is 14.8. The number of aliphatic hydroxyl groups excluding tert-OH is 2. The number of aliphatic hydroxyl groups is 3. The molecule has 0 aromatic rings. The molecule has 0 aromatic carbocycles. The molecule has 5 aliphatic rings. The Morgan fingerprint density at radius 2 is 1.60 bits per heavy atom. The van der Waals surface area contributed by atoms with E-state index in [1.807, 2.05) is 39.8 Å². The number of Topliss-reactive ketones (excluding diaryl/α,β-unsaturated/α-hetero) is 1. The summed E-state index contributed by atoms with van der Waals surface area (Å²) in [7, 11) is 4.79. The number of esters is 1. The molecule has 0 radical (unpaired) electrons. The number of ether oxygens (including phenoxy) is 6. The fourth-order valence-electron chi connectivity index (χ4n) is 10.1. The number of hydrogen-bond acceptors (Lipinski definition) is 12. The van der Waals surface area contributed by atoms with Crippen LogP contribution < -0.4 is 0 Å². The maximum atomic E-state index is 14.8. The minimum absolute atomic E-state index is 0.0326. The molecule has 4 heterocycles. The molecule has 3 saturated heterocycles. The zero-order chi connectivity index (χ0) is 41.8. The van der Waals surface area contributed by atoms with Crippen LogP contribution in [-0.2, 0) is 42.8 Å². The van der Waals surface area contributed by atoms with Crippen LogP contribution in [0.4, 0.5) is 0 Å². The van der Waals surface area contributed by atoms with Crippen LogP contribution in [0.3, 0.4) is 0 Å². The van der Waals surface area contributed by atoms with Gasteiger partial charge in [0.05, 0.1) is 37.1 Å². The number of allylic oxidation sites excluding steroid dienone is 3. The summed E-state index contributed by atoms with van der Waals surface area (Å²) >= 11 is 0. The third-order valence-corrected chi connectivity index (χ3v) is 13.7. The van der Waals surface area contributed by atoms with Crippen molar-refractivity contribution in [1.29, 1.82) is 0 Å². The van der Waals surface area contributed by atoms with Gasteiger partial charge in [-0.3, -0.25) is 9.59 Å². The van der Waals surface area contributed by atoms with Gasteiger partial charge in [-0.15, -0.1) is 0 Å². The molecule has 5 rings (SSSR count). The number of hydrogen-bond donors (Lipinski definition) is 3. The van der Waals surface area contributed by atoms with E-state index in [9.17, 15) is 29.7 Å². The number of piperidine rings is 1. The molecule has 4 fully saturated rings. The van der Waals surface area contributed by atoms with Crippen molar-refractivity contribution in [2.45, 2.75) is 172 Å². The normalized spacial score (nSPS) is 44.4. The molecule has 1 spiro atoms. The summed E-state index contributed by atoms with van der Waals surface area (Å²) in [5.41, 5.74) is 0.0162. The van der Waals surface area contributed by atoms with E-state index >= 15 is 0 Å². The zero-order valence-corrected chi connectivity index (χ0v) is 35.8. The topological polar surface area (TPSA) is 174 Å². The number of fused-ring (bicyclic) bond motifs is 4. The summed E-state index contributed by atoms with van der Waals surface area (Å²) in [5, 5.41) is 34.7. The standard InChI is InChI=1S/C44H71NO12/c1-10-31-18-25(2)17-26(3)19-37(53-8)40-38(54-9)21-28(5)44(51,57-40)43(24-55-43)42(50)45-16-12-11-13-32(45)41(49)56-39(29(6)34(47)23-35(31)48)27(4)20-30-14-15-33(46)36(22-30)52-7/h18,20,26,28-34,36-40,46-47,51H,10-17,19,21-24H2,1-9H3/b25-18+,27-20+/t26-,28+,29+,30-,31+,32-,33+,34-,36+,37-,38-,39+,40+,43+,44+/m0/s1. The predicted octanol–water partition coefficient (Wildman–Crippen LogP) is 4.67. The molecule has 15 atom stereocenters. The number of nitrogens with zero attached hydrogens (tertiary/aromatic N) is 1. The van der Waals surface area contributed by atoms with Gasteiger partial charge in [-0.05, 0) is 95.5 Å². The van der Waals surface area contributed by atoms with Crippen LogP contribution in [0.15, 0.2) is 23.3 Å². The largest absolute Gasteiger partial charge is 0.456 e. The van der Waals surface area contributed by atoms with Gasteiger partial charge in [0.1, 0.15) is 24.0 Å². The Morgan fingerprint density at radius 3 is 2.23 bits per heavy atom. The minimum Gasteiger partial charge on any atom is -0.456 e. The molecule has 2 bridgehead atoms. The molecular weight excluding hydrogens is 734 g/mol. The van der Waals surface area contributed by atoms with Crippen LogP contribution in [0.1, 0.15) is 112 Å². The van der Waals surface area contributed by atoms with Gasteiger partial charge in [0, 0.05) is 52.0 Å². The van der Waals surface area contributed by atoms with Crippen molar-refractivity contribution in [3.05, 3.63) is 23.3 Å². The van der Waals surface area contributed by atoms with Crippen molar-refractivity contribution in [2.75, 3.05) is 34.5 Å². The van der Waals surface area contributed by atoms with Gasteiger partial charge < -0.3 is 48.6 Å². The first-order chi connectivity index (χ1) is 27.0. The Hall–Kier alpha value is -2.23. The van der Waals surface area contributed by atoms with E-state index in [0.717, 1.165) is 11.1 Å². The minimum atomic E-state index is -2.03. The van der Waals surface area contributed by atoms with Crippen molar-refractivity contribution in [3.8, 4) is 0 Å². The third kappa shape index (κ3) is 9.88. The fraction of sp³-hybridized carbons (Fsp3) is 0.841. The molecule has 324 valence electrons. The van der Waals surface area contributed by atoms with Gasteiger partial charge >= 0.3 is 5.97 Å². The lowest BCUT2D eigenvalue weighted by atomic mass is 9.78. The number of carbonyl (C=O) groups is 3. The second-order valence-corrected chi connectivity index (χ2v) is 17.9. The molecule has 4 aliphatic heterocycles. The lowest BCUT2D eigenvalue weighted by molar-refractivity contribution is -0.340. The van der Waals surface area contributed by atoms with Gasteiger partial charge in [0.2, 0.25) is 11.4 Å². The number of amides is 1. The average Bonchev–Trinajstić information content (AvgIpc) is 4.01. The Labute approximate surface area is 339 Å². The summed E-state index contributed by atoms with van der Waals surface area (Å²) in [6, 6.07) is -0.972. The average molecular weight is 806 g/mol. The van der Waals surface area contributed by atoms with Gasteiger partial charge in [-0.2, -0.15) is 0 Å². The Balaban J connectivity index is 1.54. The van der Waals surface area contributed by atoms with E-state index < -0.39 is 83.7 Å². The highest BCUT2D eigenvalue weighted by Crippen LogP contribution is 2.51. The molecule has 57 heavy (non-hydrogen) atoms. The quantitative estimate of drug-likeness (QED) is 0.193. The highest BCUT2D eigenvalue weighted by molar-refractivity contribution is 5.93. The van der Waals surface area contributed by atoms with E-state index in [1.165, 1.54) is 4.90 Å². The highest BCUT2D eigenvalue weighted by Gasteiger charge is 2.73. The van der Waals surface area contributed by atoms with Crippen LogP contribution in [-0.4, -0.2) is 133 Å². The van der Waals surface area contributed by atoms with Crippen LogP contribution in [0.25, 0.3) is 0 Å². The van der Waals surface area contributed by atoms with E-state index in [4.69, 9.17) is 28.4 Å². The number of methoxy groups -OCH3 is 3. The van der Waals surface area contributed by atoms with E-state index in [2.05, 4.69) is 6.92 Å². The lowest BCUT2D eigenvalue weighted by Gasteiger charge is -2.50. The lowest BCUT2D eigenvalue weighted by Crippen LogP contribution is -2.68. The van der Waals surface area contributed by atoms with Gasteiger partial charge in [0.25, 0.3) is 5.91 Å². The van der Waals surface area contributed by atoms with Crippen molar-refractivity contribution in [1.82, 2.24) is 4.90 Å². The zero-order valence-electron chi connectivity index (χ0n) is 35.8. The maximum Gasteiger partial charge on any atom is 0.329 e. The SMILES string of the molecule is CC[C@@H]1/C=C(\C)C[C@H](C)C[C@H](OC)[C@H]2O[C@](O)([C@H](C)C[C@@H]2OC)[C@@]2(CO2)C(=O)N2CCCC[C@H]2C(=O)O[C@H](/C(C)=C/[C@@H]2CC[C@@H](O)[C@H](OC)C2)[C@H](C)[C@@H](O)CC1=O. The van der Waals surface area contributed by atoms with Crippen molar-refractivity contribution in [2.24, 2.45) is 29.6 Å². The highest BCUT2D eigenvalue weighted by atomic mass is 16.7. The number of cyclic esters (lactones) is 1. The molecule has 0 unspecified atom stereocenters. The van der Waals surface area contributed by atoms with Crippen LogP contribution >= 0.6 is 0 Å². The molecule has 13 nitrogen and oxygen atoms in total.